The first-order valence-corrected chi connectivity index (χ1v) is 11.6. The maximum absolute atomic E-state index is 12.9. The van der Waals surface area contributed by atoms with Crippen LogP contribution in [0.1, 0.15) is 28.4 Å². The zero-order chi connectivity index (χ0) is 25.2. The number of benzene rings is 4. The molecule has 6 heteroatoms. The Bertz CT molecular complexity index is 1210. The summed E-state index contributed by atoms with van der Waals surface area (Å²) in [5, 5.41) is 12.4. The van der Waals surface area contributed by atoms with Crippen LogP contribution >= 0.6 is 0 Å². The van der Waals surface area contributed by atoms with Crippen molar-refractivity contribution >= 4 is 12.4 Å². The molecule has 4 aromatic rings. The molecule has 0 heterocycles. The number of carbonyl (C=O) groups is 2. The third-order valence-corrected chi connectivity index (χ3v) is 5.65. The molecule has 2 N–H and O–H groups in total. The van der Waals surface area contributed by atoms with Crippen LogP contribution in [0.3, 0.4) is 0 Å². The number of phenolic OH excluding ortho intramolecular Hbond substituents is 1. The predicted octanol–water partition coefficient (Wildman–Crippen LogP) is 5.56. The molecule has 1 amide bonds. The second-order valence-electron chi connectivity index (χ2n) is 8.36. The van der Waals surface area contributed by atoms with E-state index in [9.17, 15) is 14.7 Å². The number of hydrogen-bond acceptors (Lipinski definition) is 5. The lowest BCUT2D eigenvalue weighted by Gasteiger charge is -2.34. The largest absolute Gasteiger partial charge is 0.508 e. The van der Waals surface area contributed by atoms with Crippen molar-refractivity contribution in [3.05, 3.63) is 138 Å². The molecule has 36 heavy (non-hydrogen) atoms. The quantitative estimate of drug-likeness (QED) is 0.229. The van der Waals surface area contributed by atoms with E-state index in [2.05, 4.69) is 5.32 Å². The van der Waals surface area contributed by atoms with Gasteiger partial charge in [0, 0.05) is 6.42 Å². The van der Waals surface area contributed by atoms with Crippen LogP contribution in [0, 0.1) is 0 Å². The van der Waals surface area contributed by atoms with Crippen LogP contribution < -0.4 is 5.32 Å². The van der Waals surface area contributed by atoms with Crippen molar-refractivity contribution in [3.63, 3.8) is 0 Å². The summed E-state index contributed by atoms with van der Waals surface area (Å²) in [4.78, 5) is 25.5. The van der Waals surface area contributed by atoms with Gasteiger partial charge in [-0.3, -0.25) is 10.1 Å². The highest BCUT2D eigenvalue weighted by atomic mass is 16.6. The molecule has 0 aromatic heterocycles. The van der Waals surface area contributed by atoms with Crippen LogP contribution in [0.2, 0.25) is 0 Å². The third-order valence-electron chi connectivity index (χ3n) is 5.65. The highest BCUT2D eigenvalue weighted by molar-refractivity contribution is 5.75. The Kier molecular flexibility index (Phi) is 8.11. The summed E-state index contributed by atoms with van der Waals surface area (Å²) >= 11 is 0. The van der Waals surface area contributed by atoms with E-state index in [4.69, 9.17) is 9.47 Å². The molecule has 0 spiro atoms. The number of alkyl carbamates (subject to hydrolysis) is 1. The average Bonchev–Trinajstić information content (AvgIpc) is 2.93. The third kappa shape index (κ3) is 6.58. The standard InChI is InChI=1S/C30H27NO5/c32-22-30(20-23-16-18-27(33)19-17-23,31-29(34)35-21-24-10-4-1-5-11-24)36-28(25-12-6-2-7-13-25)26-14-8-3-9-15-26/h1-19,22,28,33H,20-21H2,(H,31,34)/t30-/m0/s1. The Morgan fingerprint density at radius 1 is 0.778 bits per heavy atom. The molecular weight excluding hydrogens is 454 g/mol. The lowest BCUT2D eigenvalue weighted by molar-refractivity contribution is -0.142. The van der Waals surface area contributed by atoms with E-state index >= 15 is 0 Å². The summed E-state index contributed by atoms with van der Waals surface area (Å²) in [6.45, 7) is 0.0433. The first-order chi connectivity index (χ1) is 17.6. The van der Waals surface area contributed by atoms with Crippen LogP contribution in [-0.2, 0) is 27.3 Å². The van der Waals surface area contributed by atoms with E-state index < -0.39 is 17.9 Å². The molecule has 4 aromatic carbocycles. The van der Waals surface area contributed by atoms with Crippen LogP contribution in [-0.4, -0.2) is 23.2 Å². The van der Waals surface area contributed by atoms with Crippen LogP contribution in [0.15, 0.2) is 115 Å². The zero-order valence-electron chi connectivity index (χ0n) is 19.6. The first kappa shape index (κ1) is 24.7. The van der Waals surface area contributed by atoms with Gasteiger partial charge in [0.05, 0.1) is 0 Å². The molecule has 0 fully saturated rings. The van der Waals surface area contributed by atoms with Crippen LogP contribution in [0.4, 0.5) is 4.79 Å². The Balaban J connectivity index is 1.65. The van der Waals surface area contributed by atoms with Crippen molar-refractivity contribution in [1.29, 1.82) is 0 Å². The molecular formula is C30H27NO5. The highest BCUT2D eigenvalue weighted by Gasteiger charge is 2.38. The van der Waals surface area contributed by atoms with E-state index in [1.807, 2.05) is 91.0 Å². The van der Waals surface area contributed by atoms with Crippen molar-refractivity contribution in [2.24, 2.45) is 0 Å². The minimum absolute atomic E-state index is 0.0212. The molecule has 0 aliphatic carbocycles. The van der Waals surface area contributed by atoms with Crippen molar-refractivity contribution in [2.45, 2.75) is 24.9 Å². The monoisotopic (exact) mass is 481 g/mol. The second kappa shape index (κ2) is 11.8. The molecule has 4 rings (SSSR count). The number of phenols is 1. The maximum Gasteiger partial charge on any atom is 0.410 e. The van der Waals surface area contributed by atoms with Gasteiger partial charge in [-0.2, -0.15) is 0 Å². The number of amides is 1. The van der Waals surface area contributed by atoms with Crippen LogP contribution in [0.5, 0.6) is 5.75 Å². The van der Waals surface area contributed by atoms with Gasteiger partial charge in [-0.15, -0.1) is 0 Å². The highest BCUT2D eigenvalue weighted by Crippen LogP contribution is 2.31. The molecule has 6 nitrogen and oxygen atoms in total. The predicted molar refractivity (Wildman–Crippen MR) is 136 cm³/mol. The minimum atomic E-state index is -1.75. The molecule has 0 aliphatic rings. The molecule has 182 valence electrons. The summed E-state index contributed by atoms with van der Waals surface area (Å²) in [5.41, 5.74) is 1.39. The summed E-state index contributed by atoms with van der Waals surface area (Å²) in [7, 11) is 0. The van der Waals surface area contributed by atoms with Crippen LogP contribution in [0.25, 0.3) is 0 Å². The molecule has 0 aliphatic heterocycles. The van der Waals surface area contributed by atoms with Gasteiger partial charge in [0.25, 0.3) is 0 Å². The molecule has 0 saturated heterocycles. The van der Waals surface area contributed by atoms with Gasteiger partial charge in [0.2, 0.25) is 5.72 Å². The summed E-state index contributed by atoms with van der Waals surface area (Å²) in [5.74, 6) is 0.0954. The number of carbonyl (C=O) groups excluding carboxylic acids is 2. The normalized spacial score (nSPS) is 12.5. The Morgan fingerprint density at radius 3 is 1.83 bits per heavy atom. The zero-order valence-corrected chi connectivity index (χ0v) is 19.6. The van der Waals surface area contributed by atoms with Gasteiger partial charge in [0.15, 0.2) is 6.29 Å². The van der Waals surface area contributed by atoms with E-state index in [1.165, 1.54) is 12.1 Å². The van der Waals surface area contributed by atoms with Crippen molar-refractivity contribution in [2.75, 3.05) is 0 Å². The van der Waals surface area contributed by atoms with E-state index in [1.54, 1.807) is 12.1 Å². The van der Waals surface area contributed by atoms with Crippen molar-refractivity contribution in [1.82, 2.24) is 5.32 Å². The van der Waals surface area contributed by atoms with E-state index in [-0.39, 0.29) is 18.8 Å². The average molecular weight is 482 g/mol. The van der Waals surface area contributed by atoms with E-state index in [0.717, 1.165) is 16.7 Å². The molecule has 0 unspecified atom stereocenters. The van der Waals surface area contributed by atoms with Crippen molar-refractivity contribution in [3.8, 4) is 5.75 Å². The van der Waals surface area contributed by atoms with Gasteiger partial charge in [-0.1, -0.05) is 103 Å². The van der Waals surface area contributed by atoms with Gasteiger partial charge in [-0.25, -0.2) is 4.79 Å². The Hall–Kier alpha value is -4.42. The van der Waals surface area contributed by atoms with Gasteiger partial charge in [0.1, 0.15) is 18.5 Å². The van der Waals surface area contributed by atoms with E-state index in [0.29, 0.717) is 11.8 Å². The number of ether oxygens (including phenoxy) is 2. The first-order valence-electron chi connectivity index (χ1n) is 11.6. The summed E-state index contributed by atoms with van der Waals surface area (Å²) in [6.07, 6.45) is -0.829. The SMILES string of the molecule is O=C[C@@](Cc1ccc(O)cc1)(NC(=O)OCc1ccccc1)OC(c1ccccc1)c1ccccc1. The second-order valence-corrected chi connectivity index (χ2v) is 8.36. The summed E-state index contributed by atoms with van der Waals surface area (Å²) in [6, 6.07) is 34.6. The van der Waals surface area contributed by atoms with Crippen molar-refractivity contribution < 1.29 is 24.2 Å². The molecule has 0 bridgehead atoms. The fraction of sp³-hybridized carbons (Fsp3) is 0.133. The summed E-state index contributed by atoms with van der Waals surface area (Å²) < 4.78 is 11.9. The minimum Gasteiger partial charge on any atom is -0.508 e. The lowest BCUT2D eigenvalue weighted by atomic mass is 9.98. The molecule has 0 saturated carbocycles. The molecule has 0 radical (unpaired) electrons. The maximum atomic E-state index is 12.9. The number of rotatable bonds is 10. The lowest BCUT2D eigenvalue weighted by Crippen LogP contribution is -2.54. The number of hydrogen-bond donors (Lipinski definition) is 2. The Labute approximate surface area is 210 Å². The fourth-order valence-corrected chi connectivity index (χ4v) is 3.86. The smallest absolute Gasteiger partial charge is 0.410 e. The number of aldehydes is 1. The fourth-order valence-electron chi connectivity index (χ4n) is 3.86. The molecule has 1 atom stereocenters. The van der Waals surface area contributed by atoms with Gasteiger partial charge < -0.3 is 14.6 Å². The van der Waals surface area contributed by atoms with Gasteiger partial charge in [-0.05, 0) is 34.4 Å². The number of nitrogens with one attached hydrogen (secondary N) is 1. The Morgan fingerprint density at radius 2 is 1.31 bits per heavy atom. The topological polar surface area (TPSA) is 84.9 Å². The van der Waals surface area contributed by atoms with Gasteiger partial charge >= 0.3 is 6.09 Å². The number of aromatic hydroxyl groups is 1.